The largest absolute Gasteiger partial charge is 0.385 e. The molecule has 0 saturated carbocycles. The molecular weight excluding hydrogens is 299 g/mol. The predicted octanol–water partition coefficient (Wildman–Crippen LogP) is 0.744. The van der Waals surface area contributed by atoms with E-state index in [0.29, 0.717) is 19.6 Å². The third-order valence-corrected chi connectivity index (χ3v) is 3.78. The molecule has 1 aromatic rings. The Labute approximate surface area is 123 Å². The van der Waals surface area contributed by atoms with Crippen molar-refractivity contribution >= 4 is 21.6 Å². The van der Waals surface area contributed by atoms with E-state index in [1.165, 1.54) is 18.2 Å². The van der Waals surface area contributed by atoms with Gasteiger partial charge in [0.25, 0.3) is 0 Å². The number of carbonyl (C=O) groups excluding carboxylic acids is 1. The molecule has 0 unspecified atom stereocenters. The first-order valence-corrected chi connectivity index (χ1v) is 8.19. The Morgan fingerprint density at radius 3 is 2.62 bits per heavy atom. The number of nitrogens with zero attached hydrogens (tertiary/aromatic N) is 1. The van der Waals surface area contributed by atoms with E-state index in [-0.39, 0.29) is 5.69 Å². The maximum atomic E-state index is 13.7. The number of halogens is 1. The van der Waals surface area contributed by atoms with Gasteiger partial charge in [-0.1, -0.05) is 12.1 Å². The van der Waals surface area contributed by atoms with Crippen molar-refractivity contribution in [2.24, 2.45) is 0 Å². The predicted molar refractivity (Wildman–Crippen MR) is 78.1 cm³/mol. The van der Waals surface area contributed by atoms with Gasteiger partial charge in [0.2, 0.25) is 15.9 Å². The summed E-state index contributed by atoms with van der Waals surface area (Å²) in [6.07, 6.45) is 1.54. The molecule has 1 amide bonds. The number of methoxy groups -OCH3 is 1. The van der Waals surface area contributed by atoms with Gasteiger partial charge in [0, 0.05) is 20.3 Å². The highest BCUT2D eigenvalue weighted by atomic mass is 32.2. The smallest absolute Gasteiger partial charge is 0.240 e. The number of amides is 1. The van der Waals surface area contributed by atoms with Crippen molar-refractivity contribution in [2.45, 2.75) is 6.42 Å². The third-order valence-electron chi connectivity index (χ3n) is 2.66. The third kappa shape index (κ3) is 5.68. The number of ether oxygens (including phenoxy) is 1. The Hall–Kier alpha value is -1.67. The number of nitrogens with one attached hydrogen (secondary N) is 1. The molecule has 6 nitrogen and oxygen atoms in total. The summed E-state index contributed by atoms with van der Waals surface area (Å²) >= 11 is 0. The van der Waals surface area contributed by atoms with E-state index in [1.54, 1.807) is 7.11 Å². The van der Waals surface area contributed by atoms with Gasteiger partial charge in [-0.25, -0.2) is 12.8 Å². The van der Waals surface area contributed by atoms with Crippen LogP contribution in [0.2, 0.25) is 0 Å². The molecule has 8 heteroatoms. The van der Waals surface area contributed by atoms with Gasteiger partial charge in [-0.3, -0.25) is 9.10 Å². The summed E-state index contributed by atoms with van der Waals surface area (Å²) < 4.78 is 42.8. The maximum Gasteiger partial charge on any atom is 0.240 e. The average molecular weight is 318 g/mol. The highest BCUT2D eigenvalue weighted by Crippen LogP contribution is 2.20. The molecule has 0 aliphatic carbocycles. The van der Waals surface area contributed by atoms with E-state index < -0.39 is 28.3 Å². The van der Waals surface area contributed by atoms with Crippen molar-refractivity contribution in [3.8, 4) is 0 Å². The Bertz CT molecular complexity index is 577. The highest BCUT2D eigenvalue weighted by Gasteiger charge is 2.23. The van der Waals surface area contributed by atoms with Gasteiger partial charge in [-0.15, -0.1) is 0 Å². The summed E-state index contributed by atoms with van der Waals surface area (Å²) in [5.74, 6) is -1.20. The molecule has 0 heterocycles. The lowest BCUT2D eigenvalue weighted by Gasteiger charge is -2.22. The summed E-state index contributed by atoms with van der Waals surface area (Å²) in [6.45, 7) is 0.387. The minimum Gasteiger partial charge on any atom is -0.385 e. The Kier molecular flexibility index (Phi) is 6.57. The number of para-hydroxylation sites is 1. The quantitative estimate of drug-likeness (QED) is 0.718. The zero-order valence-corrected chi connectivity index (χ0v) is 12.8. The minimum atomic E-state index is -3.76. The molecule has 0 bridgehead atoms. The molecule has 0 aliphatic heterocycles. The topological polar surface area (TPSA) is 75.7 Å². The van der Waals surface area contributed by atoms with Gasteiger partial charge >= 0.3 is 0 Å². The molecule has 0 spiro atoms. The van der Waals surface area contributed by atoms with Crippen molar-refractivity contribution in [1.29, 1.82) is 0 Å². The fourth-order valence-corrected chi connectivity index (χ4v) is 2.52. The molecule has 1 aromatic carbocycles. The maximum absolute atomic E-state index is 13.7. The van der Waals surface area contributed by atoms with Crippen LogP contribution in [0.25, 0.3) is 0 Å². The first-order chi connectivity index (χ1) is 9.86. The Balaban J connectivity index is 2.78. The number of benzene rings is 1. The second-order valence-corrected chi connectivity index (χ2v) is 6.32. The molecule has 0 aliphatic rings. The summed E-state index contributed by atoms with van der Waals surface area (Å²) in [7, 11) is -2.22. The van der Waals surface area contributed by atoms with Gasteiger partial charge in [0.15, 0.2) is 0 Å². The van der Waals surface area contributed by atoms with Gasteiger partial charge in [-0.2, -0.15) is 0 Å². The first-order valence-electron chi connectivity index (χ1n) is 6.34. The zero-order valence-electron chi connectivity index (χ0n) is 12.0. The molecule has 0 fully saturated rings. The van der Waals surface area contributed by atoms with E-state index >= 15 is 0 Å². The van der Waals surface area contributed by atoms with E-state index in [0.717, 1.165) is 16.6 Å². The number of carbonyl (C=O) groups is 1. The van der Waals surface area contributed by atoms with Crippen molar-refractivity contribution in [3.05, 3.63) is 30.1 Å². The van der Waals surface area contributed by atoms with Gasteiger partial charge in [0.05, 0.1) is 11.9 Å². The molecule has 118 valence electrons. The van der Waals surface area contributed by atoms with Crippen molar-refractivity contribution in [3.63, 3.8) is 0 Å². The molecular formula is C13H19FN2O4S. The van der Waals surface area contributed by atoms with Crippen LogP contribution in [0.15, 0.2) is 24.3 Å². The molecule has 1 N–H and O–H groups in total. The van der Waals surface area contributed by atoms with Crippen LogP contribution in [-0.4, -0.2) is 47.4 Å². The van der Waals surface area contributed by atoms with Gasteiger partial charge in [0.1, 0.15) is 12.4 Å². The first kappa shape index (κ1) is 17.4. The molecule has 21 heavy (non-hydrogen) atoms. The van der Waals surface area contributed by atoms with Crippen LogP contribution in [0.3, 0.4) is 0 Å². The molecule has 0 aromatic heterocycles. The standard InChI is InChI=1S/C13H19FN2O4S/c1-20-9-5-8-15-13(17)10-16(21(2,18)19)12-7-4-3-6-11(12)14/h3-4,6-7H,5,8-10H2,1-2H3,(H,15,17). The average Bonchev–Trinajstić information content (AvgIpc) is 2.41. The van der Waals surface area contributed by atoms with E-state index in [4.69, 9.17) is 4.74 Å². The Morgan fingerprint density at radius 1 is 1.38 bits per heavy atom. The van der Waals surface area contributed by atoms with Crippen molar-refractivity contribution in [1.82, 2.24) is 5.32 Å². The van der Waals surface area contributed by atoms with Gasteiger partial charge in [-0.05, 0) is 18.6 Å². The van der Waals surface area contributed by atoms with Crippen LogP contribution in [0.4, 0.5) is 10.1 Å². The number of hydrogen-bond acceptors (Lipinski definition) is 4. The second-order valence-electron chi connectivity index (χ2n) is 4.42. The summed E-state index contributed by atoms with van der Waals surface area (Å²) in [5, 5.41) is 2.56. The fraction of sp³-hybridized carbons (Fsp3) is 0.462. The van der Waals surface area contributed by atoms with Crippen LogP contribution in [0, 0.1) is 5.82 Å². The molecule has 1 rings (SSSR count). The van der Waals surface area contributed by atoms with Gasteiger partial charge < -0.3 is 10.1 Å². The number of hydrogen-bond donors (Lipinski definition) is 1. The van der Waals surface area contributed by atoms with E-state index in [1.807, 2.05) is 0 Å². The van der Waals surface area contributed by atoms with Crippen molar-refractivity contribution < 1.29 is 22.3 Å². The lowest BCUT2D eigenvalue weighted by atomic mass is 10.3. The molecule has 0 radical (unpaired) electrons. The summed E-state index contributed by atoms with van der Waals surface area (Å²) in [6, 6.07) is 5.41. The van der Waals surface area contributed by atoms with Crippen LogP contribution in [0.5, 0.6) is 0 Å². The zero-order chi connectivity index (χ0) is 15.9. The van der Waals surface area contributed by atoms with Crippen LogP contribution in [-0.2, 0) is 19.6 Å². The summed E-state index contributed by atoms with van der Waals surface area (Å²) in [5.41, 5.74) is -0.146. The lowest BCUT2D eigenvalue weighted by molar-refractivity contribution is -0.119. The van der Waals surface area contributed by atoms with E-state index in [9.17, 15) is 17.6 Å². The van der Waals surface area contributed by atoms with Crippen LogP contribution in [0.1, 0.15) is 6.42 Å². The highest BCUT2D eigenvalue weighted by molar-refractivity contribution is 7.92. The monoisotopic (exact) mass is 318 g/mol. The van der Waals surface area contributed by atoms with E-state index in [2.05, 4.69) is 5.32 Å². The summed E-state index contributed by atoms with van der Waals surface area (Å²) in [4.78, 5) is 11.8. The number of anilines is 1. The fourth-order valence-electron chi connectivity index (χ4n) is 1.67. The lowest BCUT2D eigenvalue weighted by Crippen LogP contribution is -2.41. The van der Waals surface area contributed by atoms with Crippen LogP contribution >= 0.6 is 0 Å². The van der Waals surface area contributed by atoms with Crippen molar-refractivity contribution in [2.75, 3.05) is 37.4 Å². The number of rotatable bonds is 8. The number of sulfonamides is 1. The Morgan fingerprint density at radius 2 is 2.05 bits per heavy atom. The molecule has 0 atom stereocenters. The minimum absolute atomic E-state index is 0.146. The SMILES string of the molecule is COCCCNC(=O)CN(c1ccccc1F)S(C)(=O)=O. The molecule has 0 saturated heterocycles. The van der Waals surface area contributed by atoms with Crippen LogP contribution < -0.4 is 9.62 Å². The normalized spacial score (nSPS) is 11.2. The second kappa shape index (κ2) is 7.94.